The maximum Gasteiger partial charge on any atom is 0.124 e. The first-order valence-electron chi connectivity index (χ1n) is 5.14. The van der Waals surface area contributed by atoms with Gasteiger partial charge in [-0.3, -0.25) is 0 Å². The molecule has 2 N–H and O–H groups in total. The van der Waals surface area contributed by atoms with Crippen LogP contribution in [0.4, 0.5) is 5.69 Å². The first-order valence-corrected chi connectivity index (χ1v) is 6.34. The number of aromatic nitrogens is 1. The highest BCUT2D eigenvalue weighted by molar-refractivity contribution is 7.21. The standard InChI is InChI=1S/C13H9ClN2S/c14-9-4-5-12-11(7-9)16-13(17-12)8-2-1-3-10(15)6-8/h1-7H,15H2. The van der Waals surface area contributed by atoms with Gasteiger partial charge in [0.1, 0.15) is 5.01 Å². The monoisotopic (exact) mass is 260 g/mol. The zero-order valence-electron chi connectivity index (χ0n) is 8.85. The number of anilines is 1. The number of rotatable bonds is 1. The highest BCUT2D eigenvalue weighted by Gasteiger charge is 2.06. The van der Waals surface area contributed by atoms with Crippen LogP contribution in [-0.2, 0) is 0 Å². The molecular formula is C13H9ClN2S. The molecule has 0 unspecified atom stereocenters. The van der Waals surface area contributed by atoms with Crippen LogP contribution < -0.4 is 5.73 Å². The van der Waals surface area contributed by atoms with Crippen molar-refractivity contribution in [1.82, 2.24) is 4.98 Å². The Morgan fingerprint density at radius 1 is 1.12 bits per heavy atom. The number of nitrogens with two attached hydrogens (primary N) is 1. The molecule has 17 heavy (non-hydrogen) atoms. The molecule has 2 aromatic carbocycles. The summed E-state index contributed by atoms with van der Waals surface area (Å²) in [7, 11) is 0. The fraction of sp³-hybridized carbons (Fsp3) is 0. The number of halogens is 1. The molecule has 0 spiro atoms. The minimum atomic E-state index is 0.710. The Labute approximate surface area is 108 Å². The van der Waals surface area contributed by atoms with Gasteiger partial charge in [-0.25, -0.2) is 4.98 Å². The van der Waals surface area contributed by atoms with E-state index < -0.39 is 0 Å². The molecule has 0 aliphatic heterocycles. The molecule has 3 rings (SSSR count). The van der Waals surface area contributed by atoms with Crippen LogP contribution in [0.2, 0.25) is 5.02 Å². The van der Waals surface area contributed by atoms with E-state index in [-0.39, 0.29) is 0 Å². The van der Waals surface area contributed by atoms with Gasteiger partial charge in [0.25, 0.3) is 0 Å². The number of hydrogen-bond acceptors (Lipinski definition) is 3. The molecule has 0 atom stereocenters. The number of nitrogens with zero attached hydrogens (tertiary/aromatic N) is 1. The second kappa shape index (κ2) is 4.02. The Balaban J connectivity index is 2.18. The van der Waals surface area contributed by atoms with Crippen molar-refractivity contribution in [2.75, 3.05) is 5.73 Å². The fourth-order valence-corrected chi connectivity index (χ4v) is 2.80. The number of benzene rings is 2. The molecule has 0 aliphatic carbocycles. The lowest BCUT2D eigenvalue weighted by atomic mass is 10.2. The first-order chi connectivity index (χ1) is 8.22. The molecule has 3 aromatic rings. The van der Waals surface area contributed by atoms with Crippen LogP contribution in [0.25, 0.3) is 20.8 Å². The average molecular weight is 261 g/mol. The van der Waals surface area contributed by atoms with Crippen LogP contribution in [0.3, 0.4) is 0 Å². The third-order valence-electron chi connectivity index (χ3n) is 2.48. The molecule has 4 heteroatoms. The summed E-state index contributed by atoms with van der Waals surface area (Å²) in [6.07, 6.45) is 0. The van der Waals surface area contributed by atoms with E-state index in [1.165, 1.54) is 0 Å². The van der Waals surface area contributed by atoms with E-state index in [1.807, 2.05) is 42.5 Å². The van der Waals surface area contributed by atoms with Crippen molar-refractivity contribution in [1.29, 1.82) is 0 Å². The predicted molar refractivity (Wildman–Crippen MR) is 74.5 cm³/mol. The van der Waals surface area contributed by atoms with Gasteiger partial charge < -0.3 is 5.73 Å². The van der Waals surface area contributed by atoms with E-state index in [1.54, 1.807) is 11.3 Å². The average Bonchev–Trinajstić information content (AvgIpc) is 2.72. The Morgan fingerprint density at radius 3 is 2.82 bits per heavy atom. The van der Waals surface area contributed by atoms with E-state index >= 15 is 0 Å². The number of hydrogen-bond donors (Lipinski definition) is 1. The topological polar surface area (TPSA) is 38.9 Å². The van der Waals surface area contributed by atoms with Gasteiger partial charge in [0.15, 0.2) is 0 Å². The summed E-state index contributed by atoms with van der Waals surface area (Å²) in [5.74, 6) is 0. The van der Waals surface area contributed by atoms with E-state index in [0.29, 0.717) is 5.02 Å². The molecule has 0 saturated heterocycles. The van der Waals surface area contributed by atoms with Gasteiger partial charge in [-0.1, -0.05) is 23.7 Å². The quantitative estimate of drug-likeness (QED) is 0.666. The molecule has 84 valence electrons. The number of thiazole rings is 1. The molecule has 2 nitrogen and oxygen atoms in total. The van der Waals surface area contributed by atoms with Crippen LogP contribution in [0.15, 0.2) is 42.5 Å². The summed E-state index contributed by atoms with van der Waals surface area (Å²) < 4.78 is 1.13. The predicted octanol–water partition coefficient (Wildman–Crippen LogP) is 4.20. The van der Waals surface area contributed by atoms with Crippen molar-refractivity contribution in [2.45, 2.75) is 0 Å². The van der Waals surface area contributed by atoms with Crippen LogP contribution in [0, 0.1) is 0 Å². The van der Waals surface area contributed by atoms with Crippen molar-refractivity contribution in [3.05, 3.63) is 47.5 Å². The molecule has 0 saturated carbocycles. The summed E-state index contributed by atoms with van der Waals surface area (Å²) in [4.78, 5) is 4.56. The Bertz CT molecular complexity index is 691. The largest absolute Gasteiger partial charge is 0.399 e. The van der Waals surface area contributed by atoms with E-state index in [0.717, 1.165) is 26.5 Å². The van der Waals surface area contributed by atoms with Gasteiger partial charge in [-0.2, -0.15) is 0 Å². The number of fused-ring (bicyclic) bond motifs is 1. The molecule has 0 radical (unpaired) electrons. The smallest absolute Gasteiger partial charge is 0.124 e. The summed E-state index contributed by atoms with van der Waals surface area (Å²) in [5.41, 5.74) is 8.49. The second-order valence-corrected chi connectivity index (χ2v) is 5.22. The molecule has 1 aromatic heterocycles. The SMILES string of the molecule is Nc1cccc(-c2nc3cc(Cl)ccc3s2)c1. The van der Waals surface area contributed by atoms with Crippen molar-refractivity contribution in [3.63, 3.8) is 0 Å². The van der Waals surface area contributed by atoms with Crippen LogP contribution in [-0.4, -0.2) is 4.98 Å². The summed E-state index contributed by atoms with van der Waals surface area (Å²) in [5, 5.41) is 1.68. The normalized spacial score (nSPS) is 10.9. The molecule has 0 bridgehead atoms. The third-order valence-corrected chi connectivity index (χ3v) is 3.80. The second-order valence-electron chi connectivity index (χ2n) is 3.76. The highest BCUT2D eigenvalue weighted by Crippen LogP contribution is 2.32. The molecule has 1 heterocycles. The Hall–Kier alpha value is -1.58. The van der Waals surface area contributed by atoms with Gasteiger partial charge in [0.2, 0.25) is 0 Å². The van der Waals surface area contributed by atoms with Gasteiger partial charge in [-0.05, 0) is 30.3 Å². The van der Waals surface area contributed by atoms with Crippen LogP contribution in [0.1, 0.15) is 0 Å². The van der Waals surface area contributed by atoms with Gasteiger partial charge in [-0.15, -0.1) is 11.3 Å². The molecule has 0 fully saturated rings. The third kappa shape index (κ3) is 1.99. The van der Waals surface area contributed by atoms with Crippen molar-refractivity contribution in [3.8, 4) is 10.6 Å². The first kappa shape index (κ1) is 10.6. The highest BCUT2D eigenvalue weighted by atomic mass is 35.5. The lowest BCUT2D eigenvalue weighted by Crippen LogP contribution is -1.84. The summed E-state index contributed by atoms with van der Waals surface area (Å²) >= 11 is 7.59. The number of nitrogen functional groups attached to an aromatic ring is 1. The molecular weight excluding hydrogens is 252 g/mol. The lowest BCUT2D eigenvalue weighted by Gasteiger charge is -1.96. The van der Waals surface area contributed by atoms with Crippen molar-refractivity contribution < 1.29 is 0 Å². The van der Waals surface area contributed by atoms with Crippen LogP contribution in [0.5, 0.6) is 0 Å². The van der Waals surface area contributed by atoms with Crippen LogP contribution >= 0.6 is 22.9 Å². The van der Waals surface area contributed by atoms with Gasteiger partial charge >= 0.3 is 0 Å². The zero-order valence-corrected chi connectivity index (χ0v) is 10.4. The van der Waals surface area contributed by atoms with Crippen molar-refractivity contribution in [2.24, 2.45) is 0 Å². The fourth-order valence-electron chi connectivity index (χ4n) is 1.70. The van der Waals surface area contributed by atoms with E-state index in [2.05, 4.69) is 4.98 Å². The molecule has 0 aliphatic rings. The Kier molecular flexibility index (Phi) is 2.50. The minimum absolute atomic E-state index is 0.710. The maximum absolute atomic E-state index is 5.94. The van der Waals surface area contributed by atoms with E-state index in [9.17, 15) is 0 Å². The Morgan fingerprint density at radius 2 is 2.00 bits per heavy atom. The summed E-state index contributed by atoms with van der Waals surface area (Å²) in [6, 6.07) is 13.5. The van der Waals surface area contributed by atoms with Gasteiger partial charge in [0, 0.05) is 16.3 Å². The lowest BCUT2D eigenvalue weighted by molar-refractivity contribution is 1.48. The van der Waals surface area contributed by atoms with E-state index in [4.69, 9.17) is 17.3 Å². The van der Waals surface area contributed by atoms with Gasteiger partial charge in [0.05, 0.1) is 10.2 Å². The van der Waals surface area contributed by atoms with Crippen molar-refractivity contribution >= 4 is 38.8 Å². The molecule has 0 amide bonds. The summed E-state index contributed by atoms with van der Waals surface area (Å²) in [6.45, 7) is 0. The minimum Gasteiger partial charge on any atom is -0.399 e. The maximum atomic E-state index is 5.94. The zero-order chi connectivity index (χ0) is 11.8.